The summed E-state index contributed by atoms with van der Waals surface area (Å²) in [7, 11) is 0. The van der Waals surface area contributed by atoms with Crippen LogP contribution in [0.25, 0.3) is 5.57 Å². The molecule has 0 aromatic heterocycles. The molecule has 0 bridgehead atoms. The summed E-state index contributed by atoms with van der Waals surface area (Å²) in [5.41, 5.74) is 9.43. The van der Waals surface area contributed by atoms with Crippen LogP contribution in [0.5, 0.6) is 0 Å². The summed E-state index contributed by atoms with van der Waals surface area (Å²) < 4.78 is 13.2. The molecule has 2 aromatic carbocycles. The number of hydrogen-bond donors (Lipinski definition) is 2. The van der Waals surface area contributed by atoms with E-state index in [1.165, 1.54) is 17.7 Å². The Morgan fingerprint density at radius 1 is 1.13 bits per heavy atom. The summed E-state index contributed by atoms with van der Waals surface area (Å²) >= 11 is 0. The van der Waals surface area contributed by atoms with Gasteiger partial charge in [0.2, 0.25) is 0 Å². The summed E-state index contributed by atoms with van der Waals surface area (Å²) in [6.45, 7) is 2.08. The zero-order valence-electron chi connectivity index (χ0n) is 13.0. The van der Waals surface area contributed by atoms with Gasteiger partial charge in [0, 0.05) is 0 Å². The molecular formula is C19H20FNO2. The number of carboxylic acid groups (broad SMARTS) is 1. The van der Waals surface area contributed by atoms with Crippen molar-refractivity contribution in [3.05, 3.63) is 77.1 Å². The van der Waals surface area contributed by atoms with Gasteiger partial charge in [-0.25, -0.2) is 4.39 Å². The summed E-state index contributed by atoms with van der Waals surface area (Å²) in [5, 5.41) is 8.94. The lowest BCUT2D eigenvalue weighted by atomic mass is 9.95. The lowest BCUT2D eigenvalue weighted by Crippen LogP contribution is -2.29. The maximum Gasteiger partial charge on any atom is 0.320 e. The minimum atomic E-state index is -1.04. The fraction of sp³-hybridized carbons (Fsp3) is 0.211. The molecule has 3 N–H and O–H groups in total. The molecule has 0 fully saturated rings. The number of carboxylic acids is 1. The van der Waals surface area contributed by atoms with E-state index in [0.717, 1.165) is 23.1 Å². The third kappa shape index (κ3) is 4.50. The summed E-state index contributed by atoms with van der Waals surface area (Å²) in [6.07, 6.45) is 2.95. The van der Waals surface area contributed by atoms with Gasteiger partial charge in [-0.3, -0.25) is 4.79 Å². The smallest absolute Gasteiger partial charge is 0.320 e. The number of halogens is 1. The largest absolute Gasteiger partial charge is 0.480 e. The second kappa shape index (κ2) is 7.70. The quantitative estimate of drug-likeness (QED) is 0.856. The van der Waals surface area contributed by atoms with E-state index in [-0.39, 0.29) is 12.2 Å². The fourth-order valence-corrected chi connectivity index (χ4v) is 2.30. The van der Waals surface area contributed by atoms with Gasteiger partial charge in [0.05, 0.1) is 0 Å². The third-order valence-electron chi connectivity index (χ3n) is 3.72. The number of aryl methyl sites for hydroxylation is 1. The van der Waals surface area contributed by atoms with Crippen LogP contribution in [-0.4, -0.2) is 17.1 Å². The molecule has 0 spiro atoms. The minimum absolute atomic E-state index is 0.206. The number of carbonyl (C=O) groups is 1. The van der Waals surface area contributed by atoms with Crippen molar-refractivity contribution < 1.29 is 14.3 Å². The first kappa shape index (κ1) is 16.9. The number of hydrogen-bond acceptors (Lipinski definition) is 2. The lowest BCUT2D eigenvalue weighted by molar-refractivity contribution is -0.138. The molecular weight excluding hydrogens is 293 g/mol. The van der Waals surface area contributed by atoms with Crippen molar-refractivity contribution in [1.82, 2.24) is 0 Å². The predicted octanol–water partition coefficient (Wildman–Crippen LogP) is 3.62. The highest BCUT2D eigenvalue weighted by Gasteiger charge is 2.12. The van der Waals surface area contributed by atoms with Gasteiger partial charge in [-0.15, -0.1) is 0 Å². The summed E-state index contributed by atoms with van der Waals surface area (Å²) in [4.78, 5) is 10.9. The Labute approximate surface area is 135 Å². The molecule has 0 aliphatic carbocycles. The standard InChI is InChI=1S/C19H20FNO2/c1-2-13-3-5-14(6-4-13)17(11-12-18(21)19(22)23)15-7-9-16(20)10-8-15/h3-11,18H,2,12,21H2,1H3,(H,22,23). The molecule has 0 amide bonds. The zero-order chi connectivity index (χ0) is 16.8. The van der Waals surface area contributed by atoms with Crippen LogP contribution in [0.3, 0.4) is 0 Å². The van der Waals surface area contributed by atoms with Crippen molar-refractivity contribution in [2.24, 2.45) is 5.73 Å². The monoisotopic (exact) mass is 313 g/mol. The normalized spacial score (nSPS) is 12.9. The molecule has 2 rings (SSSR count). The summed E-state index contributed by atoms with van der Waals surface area (Å²) in [5.74, 6) is -1.35. The van der Waals surface area contributed by atoms with Crippen LogP contribution in [0.2, 0.25) is 0 Å². The zero-order valence-corrected chi connectivity index (χ0v) is 13.0. The van der Waals surface area contributed by atoms with E-state index < -0.39 is 12.0 Å². The molecule has 0 saturated heterocycles. The van der Waals surface area contributed by atoms with E-state index in [1.807, 2.05) is 24.3 Å². The Morgan fingerprint density at radius 3 is 2.13 bits per heavy atom. The van der Waals surface area contributed by atoms with Crippen LogP contribution in [0.4, 0.5) is 4.39 Å². The Morgan fingerprint density at radius 2 is 1.65 bits per heavy atom. The Balaban J connectivity index is 2.39. The van der Waals surface area contributed by atoms with Crippen LogP contribution in [0, 0.1) is 5.82 Å². The first-order chi connectivity index (χ1) is 11.0. The van der Waals surface area contributed by atoms with Gasteiger partial charge < -0.3 is 10.8 Å². The van der Waals surface area contributed by atoms with Crippen molar-refractivity contribution in [2.45, 2.75) is 25.8 Å². The van der Waals surface area contributed by atoms with Gasteiger partial charge in [-0.2, -0.15) is 0 Å². The van der Waals surface area contributed by atoms with E-state index in [0.29, 0.717) is 0 Å². The van der Waals surface area contributed by atoms with Crippen LogP contribution >= 0.6 is 0 Å². The maximum absolute atomic E-state index is 13.2. The van der Waals surface area contributed by atoms with E-state index in [1.54, 1.807) is 18.2 Å². The number of benzene rings is 2. The topological polar surface area (TPSA) is 63.3 Å². The first-order valence-electron chi connectivity index (χ1n) is 7.55. The highest BCUT2D eigenvalue weighted by molar-refractivity contribution is 5.81. The molecule has 23 heavy (non-hydrogen) atoms. The molecule has 2 aromatic rings. The second-order valence-corrected chi connectivity index (χ2v) is 5.36. The average Bonchev–Trinajstić information content (AvgIpc) is 2.56. The van der Waals surface area contributed by atoms with Crippen molar-refractivity contribution in [3.63, 3.8) is 0 Å². The van der Waals surface area contributed by atoms with Crippen LogP contribution in [0.1, 0.15) is 30.0 Å². The highest BCUT2D eigenvalue weighted by atomic mass is 19.1. The molecule has 0 heterocycles. The van der Waals surface area contributed by atoms with E-state index >= 15 is 0 Å². The molecule has 0 aliphatic heterocycles. The molecule has 1 unspecified atom stereocenters. The minimum Gasteiger partial charge on any atom is -0.480 e. The fourth-order valence-electron chi connectivity index (χ4n) is 2.30. The molecule has 1 atom stereocenters. The van der Waals surface area contributed by atoms with E-state index in [9.17, 15) is 9.18 Å². The van der Waals surface area contributed by atoms with Gasteiger partial charge in [0.1, 0.15) is 11.9 Å². The van der Waals surface area contributed by atoms with Gasteiger partial charge >= 0.3 is 5.97 Å². The highest BCUT2D eigenvalue weighted by Crippen LogP contribution is 2.25. The second-order valence-electron chi connectivity index (χ2n) is 5.36. The first-order valence-corrected chi connectivity index (χ1v) is 7.55. The van der Waals surface area contributed by atoms with Gasteiger partial charge in [-0.1, -0.05) is 49.4 Å². The van der Waals surface area contributed by atoms with Crippen LogP contribution in [-0.2, 0) is 11.2 Å². The van der Waals surface area contributed by atoms with Gasteiger partial charge in [0.25, 0.3) is 0 Å². The van der Waals surface area contributed by atoms with Crippen LogP contribution in [0.15, 0.2) is 54.6 Å². The molecule has 0 radical (unpaired) electrons. The SMILES string of the molecule is CCc1ccc(C(=CCC(N)C(=O)O)c2ccc(F)cc2)cc1. The Hall–Kier alpha value is -2.46. The molecule has 3 nitrogen and oxygen atoms in total. The molecule has 120 valence electrons. The number of nitrogens with two attached hydrogens (primary N) is 1. The van der Waals surface area contributed by atoms with E-state index in [4.69, 9.17) is 10.8 Å². The average molecular weight is 313 g/mol. The van der Waals surface area contributed by atoms with Crippen molar-refractivity contribution in [3.8, 4) is 0 Å². The van der Waals surface area contributed by atoms with Gasteiger partial charge in [0.15, 0.2) is 0 Å². The lowest BCUT2D eigenvalue weighted by Gasteiger charge is -2.11. The Bertz CT molecular complexity index is 690. The molecule has 0 aliphatic rings. The van der Waals surface area contributed by atoms with Crippen LogP contribution < -0.4 is 5.73 Å². The predicted molar refractivity (Wildman–Crippen MR) is 89.5 cm³/mol. The summed E-state index contributed by atoms with van der Waals surface area (Å²) in [6, 6.07) is 13.2. The van der Waals surface area contributed by atoms with E-state index in [2.05, 4.69) is 6.92 Å². The van der Waals surface area contributed by atoms with Gasteiger partial charge in [-0.05, 0) is 47.2 Å². The molecule has 4 heteroatoms. The van der Waals surface area contributed by atoms with Crippen molar-refractivity contribution in [2.75, 3.05) is 0 Å². The number of aliphatic carboxylic acids is 1. The maximum atomic E-state index is 13.2. The number of rotatable bonds is 6. The Kier molecular flexibility index (Phi) is 5.66. The van der Waals surface area contributed by atoms with Crippen molar-refractivity contribution in [1.29, 1.82) is 0 Å². The molecule has 0 saturated carbocycles. The van der Waals surface area contributed by atoms with Crippen molar-refractivity contribution >= 4 is 11.5 Å². The third-order valence-corrected chi connectivity index (χ3v) is 3.72.